The van der Waals surface area contributed by atoms with Gasteiger partial charge in [-0.2, -0.15) is 0 Å². The van der Waals surface area contributed by atoms with E-state index < -0.39 is 20.0 Å². The molecule has 0 spiro atoms. The molecular formula is C11H13BrN2O4S. The number of halogens is 1. The SMILES string of the molecule is O=[N+]([O-])c1cc(Br)ccc1NCC1CCCS1(=O)=O. The molecule has 0 saturated carbocycles. The summed E-state index contributed by atoms with van der Waals surface area (Å²) in [6, 6.07) is 4.65. The Balaban J connectivity index is 2.14. The molecule has 1 aliphatic rings. The van der Waals surface area contributed by atoms with Crippen molar-refractivity contribution in [3.8, 4) is 0 Å². The summed E-state index contributed by atoms with van der Waals surface area (Å²) < 4.78 is 24.0. The summed E-state index contributed by atoms with van der Waals surface area (Å²) in [6.45, 7) is 0.213. The number of hydrogen-bond donors (Lipinski definition) is 1. The quantitative estimate of drug-likeness (QED) is 0.666. The summed E-state index contributed by atoms with van der Waals surface area (Å²) in [6.07, 6.45) is 1.27. The van der Waals surface area contributed by atoms with Gasteiger partial charge in [-0.3, -0.25) is 10.1 Å². The molecule has 6 nitrogen and oxygen atoms in total. The first kappa shape index (κ1) is 14.3. The smallest absolute Gasteiger partial charge is 0.293 e. The number of nitrogens with one attached hydrogen (secondary N) is 1. The van der Waals surface area contributed by atoms with E-state index in [1.807, 2.05) is 0 Å². The van der Waals surface area contributed by atoms with Gasteiger partial charge in [-0.15, -0.1) is 0 Å². The Bertz CT molecular complexity index is 603. The highest BCUT2D eigenvalue weighted by Crippen LogP contribution is 2.29. The molecule has 1 heterocycles. The van der Waals surface area contributed by atoms with E-state index in [1.165, 1.54) is 6.07 Å². The number of anilines is 1. The van der Waals surface area contributed by atoms with Crippen LogP contribution < -0.4 is 5.32 Å². The first-order valence-electron chi connectivity index (χ1n) is 5.79. The number of nitro benzene ring substituents is 1. The van der Waals surface area contributed by atoms with Gasteiger partial charge in [0.15, 0.2) is 9.84 Å². The molecule has 2 rings (SSSR count). The minimum atomic E-state index is -3.04. The zero-order valence-corrected chi connectivity index (χ0v) is 12.4. The number of sulfone groups is 1. The molecule has 0 aromatic heterocycles. The van der Waals surface area contributed by atoms with Gasteiger partial charge in [0.2, 0.25) is 0 Å². The lowest BCUT2D eigenvalue weighted by Gasteiger charge is -2.12. The molecule has 0 radical (unpaired) electrons. The molecule has 1 fully saturated rings. The van der Waals surface area contributed by atoms with Crippen molar-refractivity contribution in [2.45, 2.75) is 18.1 Å². The van der Waals surface area contributed by atoms with Crippen LogP contribution in [-0.2, 0) is 9.84 Å². The Morgan fingerprint density at radius 2 is 2.21 bits per heavy atom. The van der Waals surface area contributed by atoms with Crippen LogP contribution in [0.15, 0.2) is 22.7 Å². The van der Waals surface area contributed by atoms with Crippen molar-refractivity contribution in [1.29, 1.82) is 0 Å². The van der Waals surface area contributed by atoms with Crippen LogP contribution in [0.25, 0.3) is 0 Å². The van der Waals surface area contributed by atoms with E-state index in [-0.39, 0.29) is 18.0 Å². The van der Waals surface area contributed by atoms with Crippen LogP contribution in [0.3, 0.4) is 0 Å². The Morgan fingerprint density at radius 3 is 2.79 bits per heavy atom. The molecule has 1 unspecified atom stereocenters. The second kappa shape index (κ2) is 5.46. The predicted octanol–water partition coefficient (Wildman–Crippen LogP) is 2.35. The summed E-state index contributed by atoms with van der Waals surface area (Å²) in [5.74, 6) is 0.210. The van der Waals surface area contributed by atoms with Gasteiger partial charge < -0.3 is 5.32 Å². The number of nitro groups is 1. The van der Waals surface area contributed by atoms with Gasteiger partial charge in [0.05, 0.1) is 15.9 Å². The lowest BCUT2D eigenvalue weighted by molar-refractivity contribution is -0.384. The molecule has 19 heavy (non-hydrogen) atoms. The lowest BCUT2D eigenvalue weighted by atomic mass is 10.2. The average Bonchev–Trinajstić information content (AvgIpc) is 2.66. The average molecular weight is 349 g/mol. The van der Waals surface area contributed by atoms with E-state index >= 15 is 0 Å². The third kappa shape index (κ3) is 3.24. The normalized spacial score (nSPS) is 21.2. The fraction of sp³-hybridized carbons (Fsp3) is 0.455. The van der Waals surface area contributed by atoms with Crippen LogP contribution in [-0.4, -0.2) is 30.9 Å². The Morgan fingerprint density at radius 1 is 1.47 bits per heavy atom. The number of hydrogen-bond acceptors (Lipinski definition) is 5. The summed E-state index contributed by atoms with van der Waals surface area (Å²) in [4.78, 5) is 10.4. The van der Waals surface area contributed by atoms with Gasteiger partial charge in [0.25, 0.3) is 5.69 Å². The van der Waals surface area contributed by atoms with Gasteiger partial charge in [0, 0.05) is 17.1 Å². The Kier molecular flexibility index (Phi) is 4.10. The molecule has 0 amide bonds. The number of benzene rings is 1. The van der Waals surface area contributed by atoms with Crippen LogP contribution in [0.4, 0.5) is 11.4 Å². The highest BCUT2D eigenvalue weighted by Gasteiger charge is 2.31. The Hall–Kier alpha value is -1.15. The fourth-order valence-corrected chi connectivity index (χ4v) is 4.23. The zero-order chi connectivity index (χ0) is 14.0. The zero-order valence-electron chi connectivity index (χ0n) is 10.0. The molecule has 1 aromatic carbocycles. The Labute approximate surface area is 119 Å². The van der Waals surface area contributed by atoms with Crippen LogP contribution in [0.1, 0.15) is 12.8 Å². The second-order valence-electron chi connectivity index (χ2n) is 4.43. The molecule has 1 atom stereocenters. The highest BCUT2D eigenvalue weighted by molar-refractivity contribution is 9.10. The third-order valence-corrected chi connectivity index (χ3v) is 5.91. The number of nitrogens with zero attached hydrogens (tertiary/aromatic N) is 1. The van der Waals surface area contributed by atoms with E-state index in [0.717, 1.165) is 0 Å². The van der Waals surface area contributed by atoms with Crippen molar-refractivity contribution in [2.24, 2.45) is 0 Å². The minimum Gasteiger partial charge on any atom is -0.378 e. The lowest BCUT2D eigenvalue weighted by Crippen LogP contribution is -2.25. The molecule has 8 heteroatoms. The summed E-state index contributed by atoms with van der Waals surface area (Å²) in [5, 5.41) is 13.4. The minimum absolute atomic E-state index is 0.0650. The summed E-state index contributed by atoms with van der Waals surface area (Å²) >= 11 is 3.17. The van der Waals surface area contributed by atoms with E-state index in [0.29, 0.717) is 23.0 Å². The molecular weight excluding hydrogens is 336 g/mol. The van der Waals surface area contributed by atoms with E-state index in [9.17, 15) is 18.5 Å². The maximum Gasteiger partial charge on any atom is 0.293 e. The van der Waals surface area contributed by atoms with Gasteiger partial charge in [0.1, 0.15) is 5.69 Å². The third-order valence-electron chi connectivity index (χ3n) is 3.14. The van der Waals surface area contributed by atoms with Crippen molar-refractivity contribution in [2.75, 3.05) is 17.6 Å². The molecule has 1 aliphatic heterocycles. The van der Waals surface area contributed by atoms with Crippen molar-refractivity contribution in [3.63, 3.8) is 0 Å². The highest BCUT2D eigenvalue weighted by atomic mass is 79.9. The molecule has 104 valence electrons. The van der Waals surface area contributed by atoms with Crippen LogP contribution in [0.2, 0.25) is 0 Å². The monoisotopic (exact) mass is 348 g/mol. The standard InChI is InChI=1S/C11H13BrN2O4S/c12-8-3-4-10(11(6-8)14(15)16)13-7-9-2-1-5-19(9,17)18/h3-4,6,9,13H,1-2,5,7H2. The first-order valence-corrected chi connectivity index (χ1v) is 8.30. The number of rotatable bonds is 4. The molecule has 0 bridgehead atoms. The molecule has 1 saturated heterocycles. The van der Waals surface area contributed by atoms with E-state index in [2.05, 4.69) is 21.2 Å². The van der Waals surface area contributed by atoms with Crippen LogP contribution in [0, 0.1) is 10.1 Å². The molecule has 1 N–H and O–H groups in total. The maximum atomic E-state index is 11.7. The van der Waals surface area contributed by atoms with Gasteiger partial charge in [-0.05, 0) is 25.0 Å². The largest absolute Gasteiger partial charge is 0.378 e. The van der Waals surface area contributed by atoms with E-state index in [4.69, 9.17) is 0 Å². The fourth-order valence-electron chi connectivity index (χ4n) is 2.12. The molecule has 1 aromatic rings. The summed E-state index contributed by atoms with van der Waals surface area (Å²) in [5.41, 5.74) is 0.278. The second-order valence-corrected chi connectivity index (χ2v) is 7.75. The maximum absolute atomic E-state index is 11.7. The van der Waals surface area contributed by atoms with E-state index in [1.54, 1.807) is 12.1 Å². The molecule has 0 aliphatic carbocycles. The van der Waals surface area contributed by atoms with Crippen molar-refractivity contribution < 1.29 is 13.3 Å². The van der Waals surface area contributed by atoms with Crippen molar-refractivity contribution in [3.05, 3.63) is 32.8 Å². The van der Waals surface area contributed by atoms with Crippen LogP contribution in [0.5, 0.6) is 0 Å². The summed E-state index contributed by atoms with van der Waals surface area (Å²) in [7, 11) is -3.04. The van der Waals surface area contributed by atoms with Crippen molar-refractivity contribution in [1.82, 2.24) is 0 Å². The van der Waals surface area contributed by atoms with Gasteiger partial charge >= 0.3 is 0 Å². The van der Waals surface area contributed by atoms with Gasteiger partial charge in [-0.1, -0.05) is 15.9 Å². The van der Waals surface area contributed by atoms with Crippen LogP contribution >= 0.6 is 15.9 Å². The van der Waals surface area contributed by atoms with Crippen molar-refractivity contribution >= 4 is 37.1 Å². The predicted molar refractivity (Wildman–Crippen MR) is 76.1 cm³/mol. The first-order chi connectivity index (χ1) is 8.90. The van der Waals surface area contributed by atoms with Gasteiger partial charge in [-0.25, -0.2) is 8.42 Å². The topological polar surface area (TPSA) is 89.3 Å².